The Morgan fingerprint density at radius 3 is 2.73 bits per heavy atom. The van der Waals surface area contributed by atoms with Gasteiger partial charge in [-0.15, -0.1) is 0 Å². The van der Waals surface area contributed by atoms with Gasteiger partial charge in [0.1, 0.15) is 5.82 Å². The average Bonchev–Trinajstić information content (AvgIpc) is 3.37. The van der Waals surface area contributed by atoms with E-state index < -0.39 is 4.92 Å². The molecule has 130 valence electrons. The minimum absolute atomic E-state index is 0.0569. The van der Waals surface area contributed by atoms with Gasteiger partial charge in [0.25, 0.3) is 5.69 Å². The van der Waals surface area contributed by atoms with Crippen LogP contribution in [-0.2, 0) is 6.42 Å². The van der Waals surface area contributed by atoms with Crippen molar-refractivity contribution in [1.29, 1.82) is 0 Å². The summed E-state index contributed by atoms with van der Waals surface area (Å²) in [6.07, 6.45) is 0.867. The Kier molecular flexibility index (Phi) is 3.11. The van der Waals surface area contributed by atoms with Crippen LogP contribution in [0.2, 0.25) is 0 Å². The van der Waals surface area contributed by atoms with Crippen molar-refractivity contribution < 1.29 is 14.4 Å². The van der Waals surface area contributed by atoms with Crippen molar-refractivity contribution in [3.05, 3.63) is 58.1 Å². The summed E-state index contributed by atoms with van der Waals surface area (Å²) in [4.78, 5) is 10.5. The molecule has 8 nitrogen and oxygen atoms in total. The molecule has 2 aliphatic heterocycles. The summed E-state index contributed by atoms with van der Waals surface area (Å²) in [5.74, 6) is 2.37. The molecule has 26 heavy (non-hydrogen) atoms. The Labute approximate surface area is 148 Å². The molecule has 0 bridgehead atoms. The molecule has 0 spiro atoms. The maximum Gasteiger partial charge on any atom is 0.269 e. The van der Waals surface area contributed by atoms with Crippen molar-refractivity contribution in [2.24, 2.45) is 0 Å². The molecular weight excluding hydrogens is 336 g/mol. The fraction of sp³-hybridized carbons (Fsp3) is 0.167. The van der Waals surface area contributed by atoms with Gasteiger partial charge in [0.2, 0.25) is 6.79 Å². The number of rotatable bonds is 3. The Bertz CT molecular complexity index is 1030. The average molecular weight is 350 g/mol. The van der Waals surface area contributed by atoms with Gasteiger partial charge in [-0.2, -0.15) is 5.10 Å². The number of ether oxygens (including phenoxy) is 2. The molecule has 0 amide bonds. The molecule has 0 radical (unpaired) electrons. The molecule has 0 fully saturated rings. The van der Waals surface area contributed by atoms with Gasteiger partial charge in [0.05, 0.1) is 16.3 Å². The molecule has 2 aliphatic rings. The van der Waals surface area contributed by atoms with E-state index in [0.717, 1.165) is 47.0 Å². The van der Waals surface area contributed by atoms with E-state index in [4.69, 9.17) is 14.6 Å². The molecule has 2 aromatic carbocycles. The molecule has 0 aliphatic carbocycles. The molecule has 0 saturated heterocycles. The first kappa shape index (κ1) is 14.8. The van der Waals surface area contributed by atoms with E-state index >= 15 is 0 Å². The maximum atomic E-state index is 10.9. The molecule has 5 rings (SSSR count). The van der Waals surface area contributed by atoms with Crippen LogP contribution in [-0.4, -0.2) is 28.0 Å². The largest absolute Gasteiger partial charge is 0.454 e. The predicted molar refractivity (Wildman–Crippen MR) is 94.0 cm³/mol. The number of nitro benzene ring substituents is 1. The topological polar surface area (TPSA) is 91.5 Å². The van der Waals surface area contributed by atoms with Crippen LogP contribution in [0.5, 0.6) is 11.5 Å². The summed E-state index contributed by atoms with van der Waals surface area (Å²) in [5, 5.41) is 19.0. The van der Waals surface area contributed by atoms with Crippen LogP contribution >= 0.6 is 0 Å². The van der Waals surface area contributed by atoms with Crippen LogP contribution in [0.25, 0.3) is 16.9 Å². The lowest BCUT2D eigenvalue weighted by molar-refractivity contribution is -0.384. The van der Waals surface area contributed by atoms with Gasteiger partial charge >= 0.3 is 0 Å². The van der Waals surface area contributed by atoms with E-state index in [1.807, 2.05) is 18.2 Å². The lowest BCUT2D eigenvalue weighted by atomic mass is 10.1. The maximum absolute atomic E-state index is 10.9. The van der Waals surface area contributed by atoms with E-state index in [0.29, 0.717) is 5.75 Å². The van der Waals surface area contributed by atoms with Crippen molar-refractivity contribution in [1.82, 2.24) is 9.78 Å². The summed E-state index contributed by atoms with van der Waals surface area (Å²) >= 11 is 0. The van der Waals surface area contributed by atoms with Crippen LogP contribution in [0.3, 0.4) is 0 Å². The van der Waals surface area contributed by atoms with Gasteiger partial charge in [0.15, 0.2) is 11.5 Å². The third kappa shape index (κ3) is 2.19. The summed E-state index contributed by atoms with van der Waals surface area (Å²) < 4.78 is 12.6. The number of hydrogen-bond acceptors (Lipinski definition) is 6. The quantitative estimate of drug-likeness (QED) is 0.576. The Morgan fingerprint density at radius 2 is 1.92 bits per heavy atom. The van der Waals surface area contributed by atoms with Gasteiger partial charge in [-0.1, -0.05) is 0 Å². The number of hydrogen-bond donors (Lipinski definition) is 1. The second-order valence-corrected chi connectivity index (χ2v) is 6.11. The fourth-order valence-corrected chi connectivity index (χ4v) is 3.35. The normalized spacial score (nSPS) is 14.2. The molecule has 3 heterocycles. The van der Waals surface area contributed by atoms with Gasteiger partial charge in [-0.05, 0) is 36.8 Å². The standard InChI is InChI=1S/C18H14N4O4/c23-22(24)13-4-2-12(3-5-13)21-18-14(7-8-19-18)17(20-21)11-1-6-15-16(9-11)26-10-25-15/h1-6,9,19H,7-8,10H2. The lowest BCUT2D eigenvalue weighted by Gasteiger charge is -2.06. The predicted octanol–water partition coefficient (Wildman–Crippen LogP) is 3.14. The second kappa shape index (κ2) is 5.48. The van der Waals surface area contributed by atoms with Crippen LogP contribution in [0.4, 0.5) is 11.5 Å². The van der Waals surface area contributed by atoms with Crippen molar-refractivity contribution in [3.8, 4) is 28.4 Å². The number of anilines is 1. The highest BCUT2D eigenvalue weighted by molar-refractivity contribution is 5.74. The number of non-ortho nitro benzene ring substituents is 1. The van der Waals surface area contributed by atoms with Gasteiger partial charge in [0, 0.05) is 29.8 Å². The van der Waals surface area contributed by atoms with E-state index in [9.17, 15) is 10.1 Å². The van der Waals surface area contributed by atoms with Crippen molar-refractivity contribution in [3.63, 3.8) is 0 Å². The number of nitro groups is 1. The molecule has 0 unspecified atom stereocenters. The highest BCUT2D eigenvalue weighted by Crippen LogP contribution is 2.39. The second-order valence-electron chi connectivity index (χ2n) is 6.11. The molecule has 1 N–H and O–H groups in total. The summed E-state index contributed by atoms with van der Waals surface area (Å²) in [6.45, 7) is 1.06. The summed E-state index contributed by atoms with van der Waals surface area (Å²) in [7, 11) is 0. The zero-order valence-corrected chi connectivity index (χ0v) is 13.6. The minimum Gasteiger partial charge on any atom is -0.454 e. The molecule has 3 aromatic rings. The van der Waals surface area contributed by atoms with Crippen LogP contribution in [0.1, 0.15) is 5.56 Å². The zero-order chi connectivity index (χ0) is 17.7. The Hall–Kier alpha value is -3.55. The molecule has 1 aromatic heterocycles. The smallest absolute Gasteiger partial charge is 0.269 e. The van der Waals surface area contributed by atoms with Crippen molar-refractivity contribution in [2.75, 3.05) is 18.7 Å². The summed E-state index contributed by atoms with van der Waals surface area (Å²) in [5.41, 5.74) is 3.79. The first-order chi connectivity index (χ1) is 12.7. The summed E-state index contributed by atoms with van der Waals surface area (Å²) in [6, 6.07) is 12.2. The van der Waals surface area contributed by atoms with E-state index in [-0.39, 0.29) is 12.5 Å². The van der Waals surface area contributed by atoms with Gasteiger partial charge < -0.3 is 14.8 Å². The number of aromatic nitrogens is 2. The van der Waals surface area contributed by atoms with Crippen molar-refractivity contribution in [2.45, 2.75) is 6.42 Å². The third-order valence-corrected chi connectivity index (χ3v) is 4.60. The molecule has 0 atom stereocenters. The van der Waals surface area contributed by atoms with Crippen LogP contribution in [0, 0.1) is 10.1 Å². The third-order valence-electron chi connectivity index (χ3n) is 4.60. The minimum atomic E-state index is -0.409. The highest BCUT2D eigenvalue weighted by Gasteiger charge is 2.25. The van der Waals surface area contributed by atoms with E-state index in [1.54, 1.807) is 16.8 Å². The lowest BCUT2D eigenvalue weighted by Crippen LogP contribution is -2.04. The van der Waals surface area contributed by atoms with E-state index in [2.05, 4.69) is 5.32 Å². The number of nitrogens with one attached hydrogen (secondary N) is 1. The number of fused-ring (bicyclic) bond motifs is 2. The first-order valence-corrected chi connectivity index (χ1v) is 8.21. The van der Waals surface area contributed by atoms with Crippen LogP contribution in [0.15, 0.2) is 42.5 Å². The van der Waals surface area contributed by atoms with Gasteiger partial charge in [-0.25, -0.2) is 4.68 Å². The molecule has 8 heteroatoms. The van der Waals surface area contributed by atoms with Crippen molar-refractivity contribution >= 4 is 11.5 Å². The van der Waals surface area contributed by atoms with Gasteiger partial charge in [-0.3, -0.25) is 10.1 Å². The molecular formula is C18H14N4O4. The highest BCUT2D eigenvalue weighted by atomic mass is 16.7. The molecule has 0 saturated carbocycles. The zero-order valence-electron chi connectivity index (χ0n) is 13.6. The first-order valence-electron chi connectivity index (χ1n) is 8.21. The van der Waals surface area contributed by atoms with Crippen LogP contribution < -0.4 is 14.8 Å². The fourth-order valence-electron chi connectivity index (χ4n) is 3.35. The number of nitrogens with zero attached hydrogens (tertiary/aromatic N) is 3. The number of benzene rings is 2. The Balaban J connectivity index is 1.60. The monoisotopic (exact) mass is 350 g/mol. The SMILES string of the molecule is O=[N+]([O-])c1ccc(-n2nc(-c3ccc4c(c3)OCO4)c3c2NCC3)cc1. The Morgan fingerprint density at radius 1 is 1.12 bits per heavy atom. The van der Waals surface area contributed by atoms with E-state index in [1.165, 1.54) is 12.1 Å².